The van der Waals surface area contributed by atoms with E-state index in [-0.39, 0.29) is 11.8 Å². The van der Waals surface area contributed by atoms with Crippen molar-refractivity contribution in [3.8, 4) is 11.8 Å². The number of ether oxygens (including phenoxy) is 1. The molecule has 172 valence electrons. The highest BCUT2D eigenvalue weighted by Gasteiger charge is 2.49. The maximum absolute atomic E-state index is 11.2. The van der Waals surface area contributed by atoms with Gasteiger partial charge in [0.05, 0.1) is 29.1 Å². The number of benzene rings is 1. The summed E-state index contributed by atoms with van der Waals surface area (Å²) < 4.78 is 6.15. The van der Waals surface area contributed by atoms with Crippen LogP contribution in [0.2, 0.25) is 5.02 Å². The van der Waals surface area contributed by atoms with Gasteiger partial charge in [-0.3, -0.25) is 9.69 Å². The average Bonchev–Trinajstić information content (AvgIpc) is 3.25. The van der Waals surface area contributed by atoms with Gasteiger partial charge in [0.2, 0.25) is 0 Å². The van der Waals surface area contributed by atoms with Crippen LogP contribution >= 0.6 is 11.6 Å². The van der Waals surface area contributed by atoms with Crippen LogP contribution in [0.1, 0.15) is 48.2 Å². The van der Waals surface area contributed by atoms with Gasteiger partial charge in [-0.15, -0.1) is 0 Å². The van der Waals surface area contributed by atoms with Gasteiger partial charge in [0.1, 0.15) is 23.3 Å². The van der Waals surface area contributed by atoms with E-state index >= 15 is 0 Å². The Morgan fingerprint density at radius 1 is 1.18 bits per heavy atom. The summed E-state index contributed by atoms with van der Waals surface area (Å²) in [4.78, 5) is 24.5. The summed E-state index contributed by atoms with van der Waals surface area (Å²) in [6.45, 7) is 4.22. The van der Waals surface area contributed by atoms with Gasteiger partial charge in [-0.05, 0) is 50.8 Å². The van der Waals surface area contributed by atoms with E-state index in [0.29, 0.717) is 22.0 Å². The quantitative estimate of drug-likeness (QED) is 0.721. The van der Waals surface area contributed by atoms with E-state index in [1.807, 2.05) is 6.07 Å². The molecule has 1 saturated carbocycles. The van der Waals surface area contributed by atoms with Crippen LogP contribution in [0.3, 0.4) is 0 Å². The molecule has 2 aromatic rings. The van der Waals surface area contributed by atoms with E-state index in [1.165, 1.54) is 12.6 Å². The Morgan fingerprint density at radius 3 is 2.61 bits per heavy atom. The Hall–Kier alpha value is -2.89. The number of anilines is 1. The highest BCUT2D eigenvalue weighted by Crippen LogP contribution is 2.43. The molecular weight excluding hydrogens is 440 g/mol. The highest BCUT2D eigenvalue weighted by molar-refractivity contribution is 6.31. The molecule has 3 heterocycles. The molecule has 1 amide bonds. The standard InChI is InChI=1S/C24H27ClN6O2/c25-20-9-19(4-1-16(20)10-26)33-18-5-2-17(3-6-18)30-8-7-24(13-30)14-31(15-24)22-12-28-21(11-29-22)23(27)32/h1,4,9,11-12,17-18H,2-3,5-8,13-15H2,(H2,27,32). The molecule has 1 aromatic heterocycles. The van der Waals surface area contributed by atoms with Crippen LogP contribution in [-0.2, 0) is 0 Å². The molecule has 0 atom stereocenters. The Kier molecular flexibility index (Phi) is 5.85. The highest BCUT2D eigenvalue weighted by atomic mass is 35.5. The minimum Gasteiger partial charge on any atom is -0.490 e. The van der Waals surface area contributed by atoms with Gasteiger partial charge in [0.25, 0.3) is 5.91 Å². The normalized spacial score (nSPS) is 24.3. The number of hydrogen-bond donors (Lipinski definition) is 1. The lowest BCUT2D eigenvalue weighted by Gasteiger charge is -2.49. The Morgan fingerprint density at radius 2 is 1.97 bits per heavy atom. The molecule has 0 radical (unpaired) electrons. The lowest BCUT2D eigenvalue weighted by molar-refractivity contribution is 0.0896. The predicted molar refractivity (Wildman–Crippen MR) is 124 cm³/mol. The molecule has 0 bridgehead atoms. The molecule has 2 N–H and O–H groups in total. The molecular formula is C24H27ClN6O2. The number of carbonyl (C=O) groups is 1. The van der Waals surface area contributed by atoms with Crippen molar-refractivity contribution in [3.63, 3.8) is 0 Å². The van der Waals surface area contributed by atoms with Gasteiger partial charge in [-0.1, -0.05) is 11.6 Å². The molecule has 3 fully saturated rings. The molecule has 9 heteroatoms. The number of halogens is 1. The first-order valence-electron chi connectivity index (χ1n) is 11.4. The SMILES string of the molecule is N#Cc1ccc(OC2CCC(N3CCC4(CN(c5cnc(C(N)=O)cn5)C4)C3)CC2)cc1Cl. The van der Waals surface area contributed by atoms with Crippen molar-refractivity contribution >= 4 is 23.3 Å². The molecule has 1 spiro atoms. The Balaban J connectivity index is 1.09. The lowest BCUT2D eigenvalue weighted by Crippen LogP contribution is -2.58. The first-order chi connectivity index (χ1) is 15.9. The van der Waals surface area contributed by atoms with Gasteiger partial charge >= 0.3 is 0 Å². The monoisotopic (exact) mass is 466 g/mol. The van der Waals surface area contributed by atoms with E-state index in [4.69, 9.17) is 27.3 Å². The average molecular weight is 467 g/mol. The summed E-state index contributed by atoms with van der Waals surface area (Å²) in [7, 11) is 0. The Labute approximate surface area is 198 Å². The van der Waals surface area contributed by atoms with Crippen molar-refractivity contribution in [1.29, 1.82) is 5.26 Å². The number of nitrogens with zero attached hydrogens (tertiary/aromatic N) is 5. The Bertz CT molecular complexity index is 1070. The van der Waals surface area contributed by atoms with Crippen LogP contribution in [0.25, 0.3) is 0 Å². The third kappa shape index (κ3) is 4.48. The number of carbonyl (C=O) groups excluding carboxylic acids is 1. The second-order valence-electron chi connectivity index (χ2n) is 9.50. The van der Waals surface area contributed by atoms with Crippen molar-refractivity contribution in [3.05, 3.63) is 46.9 Å². The number of aromatic nitrogens is 2. The largest absolute Gasteiger partial charge is 0.490 e. The lowest BCUT2D eigenvalue weighted by atomic mass is 9.79. The van der Waals surface area contributed by atoms with Crippen LogP contribution < -0.4 is 15.4 Å². The van der Waals surface area contributed by atoms with E-state index < -0.39 is 5.91 Å². The van der Waals surface area contributed by atoms with Crippen LogP contribution in [0.4, 0.5) is 5.82 Å². The molecule has 1 aromatic carbocycles. The minimum atomic E-state index is -0.554. The molecule has 2 aliphatic heterocycles. The summed E-state index contributed by atoms with van der Waals surface area (Å²) in [6.07, 6.45) is 8.82. The number of hydrogen-bond acceptors (Lipinski definition) is 7. The topological polar surface area (TPSA) is 108 Å². The maximum Gasteiger partial charge on any atom is 0.268 e. The summed E-state index contributed by atoms with van der Waals surface area (Å²) in [5.41, 5.74) is 6.25. The van der Waals surface area contributed by atoms with Crippen molar-refractivity contribution in [1.82, 2.24) is 14.9 Å². The number of rotatable bonds is 5. The molecule has 0 unspecified atom stereocenters. The molecule has 33 heavy (non-hydrogen) atoms. The molecule has 3 aliphatic rings. The smallest absolute Gasteiger partial charge is 0.268 e. The zero-order chi connectivity index (χ0) is 23.0. The van der Waals surface area contributed by atoms with Gasteiger partial charge in [0, 0.05) is 37.2 Å². The third-order valence-corrected chi connectivity index (χ3v) is 7.57. The van der Waals surface area contributed by atoms with E-state index in [0.717, 1.165) is 63.4 Å². The summed E-state index contributed by atoms with van der Waals surface area (Å²) in [5, 5.41) is 9.46. The van der Waals surface area contributed by atoms with Crippen molar-refractivity contribution < 1.29 is 9.53 Å². The minimum absolute atomic E-state index is 0.197. The maximum atomic E-state index is 11.2. The van der Waals surface area contributed by atoms with Crippen molar-refractivity contribution in [2.45, 2.75) is 44.2 Å². The number of nitrogens with two attached hydrogens (primary N) is 1. The zero-order valence-electron chi connectivity index (χ0n) is 18.4. The van der Waals surface area contributed by atoms with Crippen molar-refractivity contribution in [2.24, 2.45) is 11.1 Å². The van der Waals surface area contributed by atoms with E-state index in [9.17, 15) is 4.79 Å². The second kappa shape index (κ2) is 8.81. The fourth-order valence-corrected chi connectivity index (χ4v) is 5.67. The first-order valence-corrected chi connectivity index (χ1v) is 11.8. The fraction of sp³-hybridized carbons (Fsp3) is 0.500. The zero-order valence-corrected chi connectivity index (χ0v) is 19.2. The summed E-state index contributed by atoms with van der Waals surface area (Å²) in [6, 6.07) is 7.97. The number of likely N-dealkylation sites (tertiary alicyclic amines) is 1. The van der Waals surface area contributed by atoms with Gasteiger partial charge < -0.3 is 15.4 Å². The van der Waals surface area contributed by atoms with Gasteiger partial charge in [-0.25, -0.2) is 9.97 Å². The second-order valence-corrected chi connectivity index (χ2v) is 9.91. The predicted octanol–water partition coefficient (Wildman–Crippen LogP) is 3.00. The first kappa shape index (κ1) is 21.9. The van der Waals surface area contributed by atoms with Gasteiger partial charge in [-0.2, -0.15) is 5.26 Å². The fourth-order valence-electron chi connectivity index (χ4n) is 5.46. The molecule has 2 saturated heterocycles. The van der Waals surface area contributed by atoms with Gasteiger partial charge in [0.15, 0.2) is 0 Å². The molecule has 5 rings (SSSR count). The van der Waals surface area contributed by atoms with Crippen molar-refractivity contribution in [2.75, 3.05) is 31.1 Å². The number of primary amides is 1. The van der Waals surface area contributed by atoms with Crippen LogP contribution in [0, 0.1) is 16.7 Å². The number of nitriles is 1. The van der Waals surface area contributed by atoms with E-state index in [1.54, 1.807) is 18.3 Å². The third-order valence-electron chi connectivity index (χ3n) is 7.26. The van der Waals surface area contributed by atoms with Crippen LogP contribution in [0.5, 0.6) is 5.75 Å². The summed E-state index contributed by atoms with van der Waals surface area (Å²) in [5.74, 6) is 0.995. The van der Waals surface area contributed by atoms with Crippen LogP contribution in [0.15, 0.2) is 30.6 Å². The molecule has 1 aliphatic carbocycles. The summed E-state index contributed by atoms with van der Waals surface area (Å²) >= 11 is 6.13. The van der Waals surface area contributed by atoms with Crippen LogP contribution in [-0.4, -0.2) is 59.1 Å². The number of amides is 1. The van der Waals surface area contributed by atoms with E-state index in [2.05, 4.69) is 25.8 Å². The molecule has 8 nitrogen and oxygen atoms in total.